The average molecular weight is 217 g/mol. The Morgan fingerprint density at radius 1 is 1.31 bits per heavy atom. The Morgan fingerprint density at radius 3 is 2.88 bits per heavy atom. The molecule has 1 aromatic heterocycles. The Balaban J connectivity index is 2.04. The summed E-state index contributed by atoms with van der Waals surface area (Å²) in [5, 5.41) is 12.8. The molecule has 0 saturated heterocycles. The third kappa shape index (κ3) is 2.37. The second kappa shape index (κ2) is 4.75. The number of benzene rings is 1. The fourth-order valence-electron chi connectivity index (χ4n) is 1.58. The first-order valence-corrected chi connectivity index (χ1v) is 5.37. The van der Waals surface area contributed by atoms with Crippen LogP contribution in [-0.4, -0.2) is 5.11 Å². The number of phenols is 1. The summed E-state index contributed by atoms with van der Waals surface area (Å²) in [4.78, 5) is 0. The molecular weight excluding hydrogens is 202 g/mol. The van der Waals surface area contributed by atoms with Crippen LogP contribution in [0.15, 0.2) is 41.0 Å². The van der Waals surface area contributed by atoms with E-state index >= 15 is 0 Å². The maximum atomic E-state index is 9.54. The first kappa shape index (κ1) is 10.6. The van der Waals surface area contributed by atoms with Crippen LogP contribution in [0.25, 0.3) is 0 Å². The van der Waals surface area contributed by atoms with Crippen molar-refractivity contribution in [2.75, 3.05) is 5.32 Å². The van der Waals surface area contributed by atoms with Gasteiger partial charge in [-0.25, -0.2) is 0 Å². The molecule has 0 unspecified atom stereocenters. The summed E-state index contributed by atoms with van der Waals surface area (Å²) >= 11 is 0. The van der Waals surface area contributed by atoms with Gasteiger partial charge < -0.3 is 14.8 Å². The Bertz CT molecular complexity index is 449. The Morgan fingerprint density at radius 2 is 2.19 bits per heavy atom. The van der Waals surface area contributed by atoms with Gasteiger partial charge in [-0.1, -0.05) is 6.92 Å². The molecule has 2 rings (SSSR count). The lowest BCUT2D eigenvalue weighted by atomic mass is 10.1. The van der Waals surface area contributed by atoms with Crippen molar-refractivity contribution < 1.29 is 9.52 Å². The van der Waals surface area contributed by atoms with Crippen LogP contribution < -0.4 is 5.32 Å². The van der Waals surface area contributed by atoms with E-state index in [2.05, 4.69) is 5.32 Å². The third-order valence-corrected chi connectivity index (χ3v) is 2.51. The lowest BCUT2D eigenvalue weighted by molar-refractivity contribution is 0.469. The van der Waals surface area contributed by atoms with E-state index in [9.17, 15) is 5.11 Å². The topological polar surface area (TPSA) is 45.4 Å². The highest BCUT2D eigenvalue weighted by atomic mass is 16.3. The smallest absolute Gasteiger partial charge is 0.122 e. The standard InChI is InChI=1S/C13H15NO2/c1-2-10-8-11(5-6-13(10)15)14-9-12-4-3-7-16-12/h3-8,14-15H,2,9H2,1H3. The molecule has 0 aliphatic carbocycles. The van der Waals surface area contributed by atoms with Gasteiger partial charge in [-0.05, 0) is 42.3 Å². The summed E-state index contributed by atoms with van der Waals surface area (Å²) in [6, 6.07) is 9.32. The number of aromatic hydroxyl groups is 1. The molecule has 3 nitrogen and oxygen atoms in total. The van der Waals surface area contributed by atoms with Crippen molar-refractivity contribution in [3.05, 3.63) is 47.9 Å². The molecule has 0 spiro atoms. The maximum absolute atomic E-state index is 9.54. The van der Waals surface area contributed by atoms with Gasteiger partial charge in [0.25, 0.3) is 0 Å². The second-order valence-corrected chi connectivity index (χ2v) is 3.63. The summed E-state index contributed by atoms with van der Waals surface area (Å²) in [5.41, 5.74) is 1.94. The molecule has 0 atom stereocenters. The number of furan rings is 1. The first-order valence-electron chi connectivity index (χ1n) is 5.37. The SMILES string of the molecule is CCc1cc(NCc2ccco2)ccc1O. The van der Waals surface area contributed by atoms with Crippen LogP contribution >= 0.6 is 0 Å². The summed E-state index contributed by atoms with van der Waals surface area (Å²) in [6.45, 7) is 2.67. The van der Waals surface area contributed by atoms with Gasteiger partial charge in [-0.2, -0.15) is 0 Å². The summed E-state index contributed by atoms with van der Waals surface area (Å²) in [5.74, 6) is 1.25. The number of aryl methyl sites for hydroxylation is 1. The quantitative estimate of drug-likeness (QED) is 0.773. The number of nitrogens with one attached hydrogen (secondary N) is 1. The fraction of sp³-hybridized carbons (Fsp3) is 0.231. The van der Waals surface area contributed by atoms with Gasteiger partial charge in [-0.15, -0.1) is 0 Å². The molecule has 0 aliphatic heterocycles. The van der Waals surface area contributed by atoms with Gasteiger partial charge in [0.1, 0.15) is 11.5 Å². The summed E-state index contributed by atoms with van der Waals surface area (Å²) < 4.78 is 5.22. The van der Waals surface area contributed by atoms with Crippen LogP contribution in [0.4, 0.5) is 5.69 Å². The van der Waals surface area contributed by atoms with Gasteiger partial charge in [0.2, 0.25) is 0 Å². The zero-order valence-electron chi connectivity index (χ0n) is 9.23. The van der Waals surface area contributed by atoms with Crippen molar-refractivity contribution in [2.24, 2.45) is 0 Å². The van der Waals surface area contributed by atoms with Crippen molar-refractivity contribution in [3.8, 4) is 5.75 Å². The molecule has 0 bridgehead atoms. The minimum absolute atomic E-state index is 0.353. The van der Waals surface area contributed by atoms with Gasteiger partial charge in [0, 0.05) is 5.69 Å². The highest BCUT2D eigenvalue weighted by molar-refractivity contribution is 5.50. The van der Waals surface area contributed by atoms with Crippen molar-refractivity contribution >= 4 is 5.69 Å². The first-order chi connectivity index (χ1) is 7.79. The van der Waals surface area contributed by atoms with Gasteiger partial charge in [0.05, 0.1) is 12.8 Å². The van der Waals surface area contributed by atoms with E-state index < -0.39 is 0 Å². The van der Waals surface area contributed by atoms with Gasteiger partial charge in [0.15, 0.2) is 0 Å². The number of hydrogen-bond acceptors (Lipinski definition) is 3. The van der Waals surface area contributed by atoms with Crippen LogP contribution in [0.2, 0.25) is 0 Å². The highest BCUT2D eigenvalue weighted by Crippen LogP contribution is 2.22. The number of rotatable bonds is 4. The van der Waals surface area contributed by atoms with Crippen LogP contribution in [0.5, 0.6) is 5.75 Å². The molecule has 0 radical (unpaired) electrons. The summed E-state index contributed by atoms with van der Waals surface area (Å²) in [7, 11) is 0. The minimum atomic E-state index is 0.353. The molecule has 0 fully saturated rings. The Labute approximate surface area is 94.7 Å². The van der Waals surface area contributed by atoms with Crippen LogP contribution in [0.3, 0.4) is 0 Å². The predicted molar refractivity (Wildman–Crippen MR) is 63.5 cm³/mol. The third-order valence-electron chi connectivity index (χ3n) is 2.51. The monoisotopic (exact) mass is 217 g/mol. The fourth-order valence-corrected chi connectivity index (χ4v) is 1.58. The molecule has 1 aromatic carbocycles. The molecule has 1 heterocycles. The molecule has 0 amide bonds. The van der Waals surface area contributed by atoms with Crippen LogP contribution in [0.1, 0.15) is 18.2 Å². The van der Waals surface area contributed by atoms with Gasteiger partial charge >= 0.3 is 0 Å². The summed E-state index contributed by atoms with van der Waals surface area (Å²) in [6.07, 6.45) is 2.48. The number of phenolic OH excluding ortho intramolecular Hbond substituents is 1. The van der Waals surface area contributed by atoms with E-state index in [1.807, 2.05) is 31.2 Å². The van der Waals surface area contributed by atoms with E-state index in [-0.39, 0.29) is 0 Å². The maximum Gasteiger partial charge on any atom is 0.122 e. The Kier molecular flexibility index (Phi) is 3.15. The molecule has 16 heavy (non-hydrogen) atoms. The van der Waals surface area contributed by atoms with Gasteiger partial charge in [-0.3, -0.25) is 0 Å². The number of hydrogen-bond donors (Lipinski definition) is 2. The van der Waals surface area contributed by atoms with E-state index in [4.69, 9.17) is 4.42 Å². The average Bonchev–Trinajstić information content (AvgIpc) is 2.81. The lowest BCUT2D eigenvalue weighted by Gasteiger charge is -2.07. The lowest BCUT2D eigenvalue weighted by Crippen LogP contribution is -1.98. The molecule has 84 valence electrons. The zero-order valence-corrected chi connectivity index (χ0v) is 9.23. The second-order valence-electron chi connectivity index (χ2n) is 3.63. The largest absolute Gasteiger partial charge is 0.508 e. The van der Waals surface area contributed by atoms with E-state index in [1.54, 1.807) is 12.3 Å². The van der Waals surface area contributed by atoms with Crippen molar-refractivity contribution in [1.82, 2.24) is 0 Å². The minimum Gasteiger partial charge on any atom is -0.508 e. The Hall–Kier alpha value is -1.90. The molecule has 2 aromatic rings. The van der Waals surface area contributed by atoms with E-state index in [1.165, 1.54) is 0 Å². The molecule has 0 aliphatic rings. The molecule has 3 heteroatoms. The van der Waals surface area contributed by atoms with Crippen molar-refractivity contribution in [1.29, 1.82) is 0 Å². The van der Waals surface area contributed by atoms with E-state index in [0.717, 1.165) is 23.4 Å². The molecule has 2 N–H and O–H groups in total. The van der Waals surface area contributed by atoms with Crippen molar-refractivity contribution in [3.63, 3.8) is 0 Å². The zero-order chi connectivity index (χ0) is 11.4. The van der Waals surface area contributed by atoms with E-state index in [0.29, 0.717) is 12.3 Å². The predicted octanol–water partition coefficient (Wildman–Crippen LogP) is 3.16. The molecule has 0 saturated carbocycles. The normalized spacial score (nSPS) is 10.3. The van der Waals surface area contributed by atoms with Crippen molar-refractivity contribution in [2.45, 2.75) is 19.9 Å². The highest BCUT2D eigenvalue weighted by Gasteiger charge is 2.01. The molecular formula is C13H15NO2. The van der Waals surface area contributed by atoms with Crippen LogP contribution in [-0.2, 0) is 13.0 Å². The number of anilines is 1. The van der Waals surface area contributed by atoms with Crippen LogP contribution in [0, 0.1) is 0 Å².